The van der Waals surface area contributed by atoms with Crippen molar-refractivity contribution >= 4 is 23.2 Å². The van der Waals surface area contributed by atoms with Gasteiger partial charge in [-0.1, -0.05) is 0 Å². The van der Waals surface area contributed by atoms with Crippen LogP contribution in [0.25, 0.3) is 0 Å². The van der Waals surface area contributed by atoms with Crippen molar-refractivity contribution in [2.45, 2.75) is 39.2 Å². The van der Waals surface area contributed by atoms with Gasteiger partial charge in [-0.3, -0.25) is 9.59 Å². The van der Waals surface area contributed by atoms with Gasteiger partial charge in [-0.2, -0.15) is 0 Å². The highest BCUT2D eigenvalue weighted by molar-refractivity contribution is 7.11. The Hall–Kier alpha value is -1.47. The van der Waals surface area contributed by atoms with E-state index in [0.717, 1.165) is 28.4 Å². The zero-order valence-electron chi connectivity index (χ0n) is 13.7. The summed E-state index contributed by atoms with van der Waals surface area (Å²) in [6, 6.07) is 0. The number of rotatable bonds is 3. The summed E-state index contributed by atoms with van der Waals surface area (Å²) in [5, 5.41) is 0.997. The topological polar surface area (TPSA) is 62.7 Å². The van der Waals surface area contributed by atoms with E-state index >= 15 is 0 Å². The highest BCUT2D eigenvalue weighted by atomic mass is 32.1. The molecule has 3 heterocycles. The van der Waals surface area contributed by atoms with Gasteiger partial charge >= 0.3 is 0 Å². The molecule has 2 aliphatic rings. The van der Waals surface area contributed by atoms with Crippen molar-refractivity contribution < 1.29 is 14.3 Å². The van der Waals surface area contributed by atoms with Gasteiger partial charge in [0.2, 0.25) is 5.91 Å². The van der Waals surface area contributed by atoms with Gasteiger partial charge in [0.25, 0.3) is 5.91 Å². The van der Waals surface area contributed by atoms with Gasteiger partial charge in [0, 0.05) is 37.7 Å². The Morgan fingerprint density at radius 1 is 1.22 bits per heavy atom. The molecular formula is C16H23N3O3S. The van der Waals surface area contributed by atoms with E-state index in [-0.39, 0.29) is 17.9 Å². The molecule has 0 spiro atoms. The largest absolute Gasteiger partial charge is 0.368 e. The zero-order chi connectivity index (χ0) is 16.4. The van der Waals surface area contributed by atoms with E-state index in [0.29, 0.717) is 39.2 Å². The summed E-state index contributed by atoms with van der Waals surface area (Å²) in [6.07, 6.45) is 1.93. The molecule has 0 bridgehead atoms. The zero-order valence-corrected chi connectivity index (χ0v) is 14.5. The molecule has 6 nitrogen and oxygen atoms in total. The number of hydrogen-bond donors (Lipinski definition) is 0. The molecule has 0 aromatic carbocycles. The van der Waals surface area contributed by atoms with Crippen LogP contribution in [-0.2, 0) is 20.7 Å². The summed E-state index contributed by atoms with van der Waals surface area (Å²) in [4.78, 5) is 33.9. The van der Waals surface area contributed by atoms with Gasteiger partial charge in [0.15, 0.2) is 0 Å². The maximum Gasteiger partial charge on any atom is 0.251 e. The number of aromatic nitrogens is 1. The summed E-state index contributed by atoms with van der Waals surface area (Å²) in [5.41, 5.74) is 0.952. The number of carbonyl (C=O) groups excluding carboxylic acids is 2. The number of hydrogen-bond acceptors (Lipinski definition) is 5. The van der Waals surface area contributed by atoms with Crippen molar-refractivity contribution in [3.8, 4) is 0 Å². The summed E-state index contributed by atoms with van der Waals surface area (Å²) in [6.45, 7) is 7.01. The predicted molar refractivity (Wildman–Crippen MR) is 87.4 cm³/mol. The summed E-state index contributed by atoms with van der Waals surface area (Å²) < 4.78 is 5.46. The van der Waals surface area contributed by atoms with Crippen LogP contribution < -0.4 is 0 Å². The lowest BCUT2D eigenvalue weighted by atomic mass is 10.2. The fraction of sp³-hybridized carbons (Fsp3) is 0.688. The molecule has 2 aliphatic heterocycles. The molecule has 2 saturated heterocycles. The van der Waals surface area contributed by atoms with Gasteiger partial charge in [-0.05, 0) is 26.7 Å². The lowest BCUT2D eigenvalue weighted by molar-refractivity contribution is -0.145. The van der Waals surface area contributed by atoms with Crippen LogP contribution in [0.3, 0.4) is 0 Å². The van der Waals surface area contributed by atoms with Crippen molar-refractivity contribution in [3.63, 3.8) is 0 Å². The Balaban J connectivity index is 1.51. The van der Waals surface area contributed by atoms with Gasteiger partial charge in [0.1, 0.15) is 6.10 Å². The van der Waals surface area contributed by atoms with Crippen LogP contribution in [0, 0.1) is 13.8 Å². The molecule has 0 radical (unpaired) electrons. The smallest absolute Gasteiger partial charge is 0.251 e. The van der Waals surface area contributed by atoms with E-state index < -0.39 is 0 Å². The molecule has 23 heavy (non-hydrogen) atoms. The fourth-order valence-corrected chi connectivity index (χ4v) is 4.07. The van der Waals surface area contributed by atoms with Crippen LogP contribution in [0.2, 0.25) is 0 Å². The molecule has 0 N–H and O–H groups in total. The van der Waals surface area contributed by atoms with E-state index in [4.69, 9.17) is 4.74 Å². The Morgan fingerprint density at radius 3 is 2.48 bits per heavy atom. The first-order valence-electron chi connectivity index (χ1n) is 8.15. The van der Waals surface area contributed by atoms with E-state index in [1.807, 2.05) is 23.6 Å². The molecule has 126 valence electrons. The van der Waals surface area contributed by atoms with Crippen LogP contribution in [0.1, 0.15) is 28.4 Å². The second kappa shape index (κ2) is 6.97. The Labute approximate surface area is 140 Å². The Kier molecular flexibility index (Phi) is 4.96. The number of amides is 2. The van der Waals surface area contributed by atoms with Crippen molar-refractivity contribution in [1.82, 2.24) is 14.8 Å². The van der Waals surface area contributed by atoms with Crippen LogP contribution >= 0.6 is 11.3 Å². The molecular weight excluding hydrogens is 314 g/mol. The van der Waals surface area contributed by atoms with Crippen molar-refractivity contribution in [1.29, 1.82) is 0 Å². The summed E-state index contributed by atoms with van der Waals surface area (Å²) >= 11 is 1.59. The van der Waals surface area contributed by atoms with E-state index in [2.05, 4.69) is 4.98 Å². The molecule has 2 fully saturated rings. The minimum atomic E-state index is -0.264. The molecule has 0 aliphatic carbocycles. The highest BCUT2D eigenvalue weighted by Crippen LogP contribution is 2.19. The first-order valence-corrected chi connectivity index (χ1v) is 8.97. The van der Waals surface area contributed by atoms with Crippen LogP contribution in [-0.4, -0.2) is 65.5 Å². The maximum atomic E-state index is 12.4. The van der Waals surface area contributed by atoms with Crippen molar-refractivity contribution in [3.05, 3.63) is 15.6 Å². The monoisotopic (exact) mass is 337 g/mol. The minimum absolute atomic E-state index is 0.0866. The fourth-order valence-electron chi connectivity index (χ4n) is 3.14. The van der Waals surface area contributed by atoms with E-state index in [9.17, 15) is 9.59 Å². The van der Waals surface area contributed by atoms with Crippen LogP contribution in [0.4, 0.5) is 0 Å². The standard InChI is InChI=1S/C16H23N3O3S/c1-11-14(23-12(2)17-11)10-15(20)18-5-7-19(8-6-18)16(21)13-4-3-9-22-13/h13H,3-10H2,1-2H3. The van der Waals surface area contributed by atoms with Crippen LogP contribution in [0.15, 0.2) is 0 Å². The third-order valence-corrected chi connectivity index (χ3v) is 5.53. The first-order chi connectivity index (χ1) is 11.0. The molecule has 1 aromatic rings. The normalized spacial score (nSPS) is 21.7. The maximum absolute atomic E-state index is 12.4. The lowest BCUT2D eigenvalue weighted by Gasteiger charge is -2.35. The second-order valence-corrected chi connectivity index (χ2v) is 7.41. The van der Waals surface area contributed by atoms with E-state index in [1.54, 1.807) is 11.3 Å². The van der Waals surface area contributed by atoms with Crippen molar-refractivity contribution in [2.75, 3.05) is 32.8 Å². The number of ether oxygens (including phenoxy) is 1. The summed E-state index contributed by atoms with van der Waals surface area (Å²) in [7, 11) is 0. The van der Waals surface area contributed by atoms with Crippen molar-refractivity contribution in [2.24, 2.45) is 0 Å². The summed E-state index contributed by atoms with van der Waals surface area (Å²) in [5.74, 6) is 0.212. The lowest BCUT2D eigenvalue weighted by Crippen LogP contribution is -2.53. The van der Waals surface area contributed by atoms with Crippen LogP contribution in [0.5, 0.6) is 0 Å². The van der Waals surface area contributed by atoms with Gasteiger partial charge in [-0.15, -0.1) is 11.3 Å². The third-order valence-electron chi connectivity index (χ3n) is 4.46. The average Bonchev–Trinajstić information content (AvgIpc) is 3.17. The molecule has 2 amide bonds. The minimum Gasteiger partial charge on any atom is -0.368 e. The molecule has 1 atom stereocenters. The number of aryl methyl sites for hydroxylation is 2. The van der Waals surface area contributed by atoms with E-state index in [1.165, 1.54) is 0 Å². The highest BCUT2D eigenvalue weighted by Gasteiger charge is 2.31. The number of carbonyl (C=O) groups is 2. The molecule has 1 unspecified atom stereocenters. The number of thiazole rings is 1. The number of nitrogens with zero attached hydrogens (tertiary/aromatic N) is 3. The molecule has 3 rings (SSSR count). The average molecular weight is 337 g/mol. The SMILES string of the molecule is Cc1nc(C)c(CC(=O)N2CCN(C(=O)C3CCCO3)CC2)s1. The quantitative estimate of drug-likeness (QED) is 0.830. The Morgan fingerprint density at radius 2 is 1.91 bits per heavy atom. The third kappa shape index (κ3) is 3.72. The molecule has 7 heteroatoms. The van der Waals surface area contributed by atoms with Gasteiger partial charge in [-0.25, -0.2) is 4.98 Å². The molecule has 1 aromatic heterocycles. The number of piperazine rings is 1. The predicted octanol–water partition coefficient (Wildman–Crippen LogP) is 1.15. The molecule has 0 saturated carbocycles. The Bertz CT molecular complexity index is 587. The van der Waals surface area contributed by atoms with Gasteiger partial charge in [0.05, 0.1) is 17.1 Å². The first kappa shape index (κ1) is 16.4. The van der Waals surface area contributed by atoms with Gasteiger partial charge < -0.3 is 14.5 Å². The second-order valence-electron chi connectivity index (χ2n) is 6.13.